The maximum Gasteiger partial charge on any atom is 0.0678 e. The molecule has 72 valence electrons. The first-order valence-electron chi connectivity index (χ1n) is 4.80. The van der Waals surface area contributed by atoms with E-state index in [1.165, 1.54) is 0 Å². The van der Waals surface area contributed by atoms with E-state index in [-0.39, 0.29) is 5.54 Å². The summed E-state index contributed by atoms with van der Waals surface area (Å²) < 4.78 is 5.67. The normalized spacial score (nSPS) is 33.8. The van der Waals surface area contributed by atoms with E-state index in [1.807, 2.05) is 0 Å². The second-order valence-corrected chi connectivity index (χ2v) is 4.83. The highest BCUT2D eigenvalue weighted by Gasteiger charge is 2.29. The fourth-order valence-electron chi connectivity index (χ4n) is 1.73. The van der Waals surface area contributed by atoms with Crippen molar-refractivity contribution in [3.8, 4) is 0 Å². The number of morpholine rings is 1. The van der Waals surface area contributed by atoms with Gasteiger partial charge in [-0.15, -0.1) is 0 Å². The molecule has 0 amide bonds. The van der Waals surface area contributed by atoms with E-state index < -0.39 is 0 Å². The second-order valence-electron chi connectivity index (χ2n) is 4.83. The zero-order chi connectivity index (χ0) is 9.35. The lowest BCUT2D eigenvalue weighted by Gasteiger charge is -2.43. The van der Waals surface area contributed by atoms with E-state index in [0.717, 1.165) is 13.1 Å². The number of rotatable bonds is 0. The summed E-state index contributed by atoms with van der Waals surface area (Å²) in [5.41, 5.74) is 0.284. The average Bonchev–Trinajstić information content (AvgIpc) is 1.82. The van der Waals surface area contributed by atoms with Crippen LogP contribution in [0.3, 0.4) is 0 Å². The van der Waals surface area contributed by atoms with Gasteiger partial charge in [-0.1, -0.05) is 0 Å². The Bertz CT molecular complexity index is 140. The molecule has 12 heavy (non-hydrogen) atoms. The van der Waals surface area contributed by atoms with Gasteiger partial charge in [0.05, 0.1) is 12.2 Å². The first-order valence-corrected chi connectivity index (χ1v) is 4.80. The van der Waals surface area contributed by atoms with Gasteiger partial charge in [0.1, 0.15) is 0 Å². The van der Waals surface area contributed by atoms with E-state index in [4.69, 9.17) is 4.74 Å². The molecule has 0 radical (unpaired) electrons. The van der Waals surface area contributed by atoms with Crippen LogP contribution in [0.5, 0.6) is 0 Å². The highest BCUT2D eigenvalue weighted by molar-refractivity contribution is 4.82. The molecule has 1 heterocycles. The van der Waals surface area contributed by atoms with E-state index >= 15 is 0 Å². The molecule has 2 nitrogen and oxygen atoms in total. The molecule has 0 aliphatic carbocycles. The van der Waals surface area contributed by atoms with Crippen LogP contribution in [0.1, 0.15) is 34.6 Å². The molecule has 0 spiro atoms. The van der Waals surface area contributed by atoms with Gasteiger partial charge in [0, 0.05) is 18.6 Å². The van der Waals surface area contributed by atoms with Gasteiger partial charge in [-0.25, -0.2) is 0 Å². The molecule has 1 aliphatic heterocycles. The Kier molecular flexibility index (Phi) is 2.79. The summed E-state index contributed by atoms with van der Waals surface area (Å²) in [7, 11) is 0. The van der Waals surface area contributed by atoms with Crippen LogP contribution in [-0.4, -0.2) is 35.7 Å². The second kappa shape index (κ2) is 3.35. The summed E-state index contributed by atoms with van der Waals surface area (Å²) >= 11 is 0. The van der Waals surface area contributed by atoms with Crippen molar-refractivity contribution < 1.29 is 4.74 Å². The van der Waals surface area contributed by atoms with E-state index in [9.17, 15) is 0 Å². The van der Waals surface area contributed by atoms with Gasteiger partial charge >= 0.3 is 0 Å². The predicted octanol–water partition coefficient (Wildman–Crippen LogP) is 1.89. The Morgan fingerprint density at radius 3 is 1.83 bits per heavy atom. The van der Waals surface area contributed by atoms with Crippen molar-refractivity contribution in [2.24, 2.45) is 0 Å². The monoisotopic (exact) mass is 171 g/mol. The molecular weight excluding hydrogens is 150 g/mol. The molecular formula is C10H21NO. The highest BCUT2D eigenvalue weighted by Crippen LogP contribution is 2.19. The molecule has 1 aliphatic rings. The van der Waals surface area contributed by atoms with Gasteiger partial charge in [-0.2, -0.15) is 0 Å². The molecule has 0 aromatic rings. The van der Waals surface area contributed by atoms with Gasteiger partial charge < -0.3 is 4.74 Å². The topological polar surface area (TPSA) is 12.5 Å². The van der Waals surface area contributed by atoms with E-state index in [2.05, 4.69) is 39.5 Å². The van der Waals surface area contributed by atoms with Gasteiger partial charge in [0.25, 0.3) is 0 Å². The summed E-state index contributed by atoms with van der Waals surface area (Å²) in [5.74, 6) is 0. The average molecular weight is 171 g/mol. The lowest BCUT2D eigenvalue weighted by atomic mass is 10.0. The minimum atomic E-state index is 0.284. The van der Waals surface area contributed by atoms with Crippen molar-refractivity contribution in [2.45, 2.75) is 52.4 Å². The van der Waals surface area contributed by atoms with E-state index in [1.54, 1.807) is 0 Å². The molecule has 0 unspecified atom stereocenters. The molecule has 2 atom stereocenters. The van der Waals surface area contributed by atoms with Crippen LogP contribution >= 0.6 is 0 Å². The van der Waals surface area contributed by atoms with E-state index in [0.29, 0.717) is 12.2 Å². The third kappa shape index (κ3) is 2.46. The lowest BCUT2D eigenvalue weighted by Crippen LogP contribution is -2.53. The zero-order valence-electron chi connectivity index (χ0n) is 8.92. The molecule has 0 saturated carbocycles. The third-order valence-electron chi connectivity index (χ3n) is 2.37. The number of ether oxygens (including phenoxy) is 1. The lowest BCUT2D eigenvalue weighted by molar-refractivity contribution is -0.0924. The van der Waals surface area contributed by atoms with Gasteiger partial charge in [-0.3, -0.25) is 4.90 Å². The summed E-state index contributed by atoms with van der Waals surface area (Å²) in [6, 6.07) is 0. The van der Waals surface area contributed by atoms with Crippen LogP contribution in [0.15, 0.2) is 0 Å². The summed E-state index contributed by atoms with van der Waals surface area (Å²) in [5, 5.41) is 0. The summed E-state index contributed by atoms with van der Waals surface area (Å²) in [6.45, 7) is 13.2. The van der Waals surface area contributed by atoms with Gasteiger partial charge in [0.2, 0.25) is 0 Å². The minimum Gasteiger partial charge on any atom is -0.373 e. The predicted molar refractivity (Wildman–Crippen MR) is 51.3 cm³/mol. The maximum atomic E-state index is 5.67. The Balaban J connectivity index is 2.55. The van der Waals surface area contributed by atoms with Gasteiger partial charge in [-0.05, 0) is 34.6 Å². The molecule has 0 aromatic carbocycles. The Hall–Kier alpha value is -0.0800. The first-order chi connectivity index (χ1) is 5.39. The maximum absolute atomic E-state index is 5.67. The largest absolute Gasteiger partial charge is 0.373 e. The van der Waals surface area contributed by atoms with Crippen LogP contribution in [-0.2, 0) is 4.74 Å². The fraction of sp³-hybridized carbons (Fsp3) is 1.00. The molecule has 0 bridgehead atoms. The minimum absolute atomic E-state index is 0.284. The number of hydrogen-bond acceptors (Lipinski definition) is 2. The molecule has 0 N–H and O–H groups in total. The van der Waals surface area contributed by atoms with Crippen LogP contribution in [0.4, 0.5) is 0 Å². The molecule has 2 heteroatoms. The van der Waals surface area contributed by atoms with Crippen LogP contribution in [0.2, 0.25) is 0 Å². The smallest absolute Gasteiger partial charge is 0.0678 e. The zero-order valence-corrected chi connectivity index (χ0v) is 8.92. The van der Waals surface area contributed by atoms with Crippen LogP contribution in [0.25, 0.3) is 0 Å². The molecule has 0 aromatic heterocycles. The highest BCUT2D eigenvalue weighted by atomic mass is 16.5. The first kappa shape index (κ1) is 10.0. The van der Waals surface area contributed by atoms with Crippen molar-refractivity contribution in [3.63, 3.8) is 0 Å². The van der Waals surface area contributed by atoms with Crippen molar-refractivity contribution in [3.05, 3.63) is 0 Å². The SMILES string of the molecule is C[C@@H]1CN(C(C)(C)C)C[C@@H](C)O1. The third-order valence-corrected chi connectivity index (χ3v) is 2.37. The molecule has 1 fully saturated rings. The Labute approximate surface area is 75.9 Å². The Morgan fingerprint density at radius 2 is 1.50 bits per heavy atom. The van der Waals surface area contributed by atoms with Crippen LogP contribution in [0, 0.1) is 0 Å². The summed E-state index contributed by atoms with van der Waals surface area (Å²) in [4.78, 5) is 2.49. The molecule has 1 rings (SSSR count). The number of hydrogen-bond donors (Lipinski definition) is 0. The van der Waals surface area contributed by atoms with Gasteiger partial charge in [0.15, 0.2) is 0 Å². The van der Waals surface area contributed by atoms with Crippen molar-refractivity contribution >= 4 is 0 Å². The van der Waals surface area contributed by atoms with Crippen molar-refractivity contribution in [1.29, 1.82) is 0 Å². The fourth-order valence-corrected chi connectivity index (χ4v) is 1.73. The van der Waals surface area contributed by atoms with Crippen molar-refractivity contribution in [1.82, 2.24) is 4.90 Å². The quantitative estimate of drug-likeness (QED) is 0.552. The number of nitrogens with zero attached hydrogens (tertiary/aromatic N) is 1. The van der Waals surface area contributed by atoms with Crippen LogP contribution < -0.4 is 0 Å². The standard InChI is InChI=1S/C10H21NO/c1-8-6-11(10(3,4)5)7-9(2)12-8/h8-9H,6-7H2,1-5H3/t8-,9-/m1/s1. The summed E-state index contributed by atoms with van der Waals surface area (Å²) in [6.07, 6.45) is 0.765. The van der Waals surface area contributed by atoms with Crippen molar-refractivity contribution in [2.75, 3.05) is 13.1 Å². The Morgan fingerprint density at radius 1 is 1.08 bits per heavy atom. The molecule has 1 saturated heterocycles.